The van der Waals surface area contributed by atoms with Crippen LogP contribution in [-0.4, -0.2) is 32.4 Å². The van der Waals surface area contributed by atoms with Crippen LogP contribution in [0.2, 0.25) is 0 Å². The summed E-state index contributed by atoms with van der Waals surface area (Å²) in [7, 11) is 0. The summed E-state index contributed by atoms with van der Waals surface area (Å²) in [4.78, 5) is 21.3. The molecule has 34 heavy (non-hydrogen) atoms. The number of amides is 1. The fraction of sp³-hybridized carbons (Fsp3) is 0.261. The number of rotatable bonds is 5. The van der Waals surface area contributed by atoms with Gasteiger partial charge in [-0.1, -0.05) is 0 Å². The van der Waals surface area contributed by atoms with E-state index >= 15 is 0 Å². The Morgan fingerprint density at radius 1 is 1.12 bits per heavy atom. The number of halogens is 5. The van der Waals surface area contributed by atoms with Gasteiger partial charge in [-0.3, -0.25) is 4.79 Å². The van der Waals surface area contributed by atoms with Crippen LogP contribution in [0.3, 0.4) is 0 Å². The third kappa shape index (κ3) is 4.13. The molecule has 178 valence electrons. The number of nitrogens with zero attached hydrogens (tertiary/aromatic N) is 3. The normalized spacial score (nSPS) is 14.3. The predicted molar refractivity (Wildman–Crippen MR) is 113 cm³/mol. The van der Waals surface area contributed by atoms with Gasteiger partial charge in [0.25, 0.3) is 5.91 Å². The average Bonchev–Trinajstić information content (AvgIpc) is 3.11. The first-order valence-electron chi connectivity index (χ1n) is 10.3. The predicted octanol–water partition coefficient (Wildman–Crippen LogP) is 5.30. The summed E-state index contributed by atoms with van der Waals surface area (Å²) in [5.74, 6) is -2.45. The van der Waals surface area contributed by atoms with E-state index in [1.54, 1.807) is 17.9 Å². The van der Waals surface area contributed by atoms with Gasteiger partial charge in [-0.25, -0.2) is 18.7 Å². The van der Waals surface area contributed by atoms with E-state index in [-0.39, 0.29) is 11.5 Å². The Kier molecular flexibility index (Phi) is 5.88. The lowest BCUT2D eigenvalue weighted by molar-refractivity contribution is -0.141. The molecule has 0 radical (unpaired) electrons. The van der Waals surface area contributed by atoms with Gasteiger partial charge in [-0.15, -0.1) is 0 Å². The highest BCUT2D eigenvalue weighted by Gasteiger charge is 2.34. The summed E-state index contributed by atoms with van der Waals surface area (Å²) in [6.07, 6.45) is -2.85. The molecule has 4 rings (SSSR count). The largest absolute Gasteiger partial charge is 0.506 e. The molecule has 0 saturated heterocycles. The number of nitrogens with one attached hydrogen (secondary N) is 1. The van der Waals surface area contributed by atoms with Gasteiger partial charge in [-0.05, 0) is 38.1 Å². The van der Waals surface area contributed by atoms with Crippen LogP contribution in [0.25, 0.3) is 11.1 Å². The Hall–Kier alpha value is -3.76. The molecule has 2 N–H and O–H groups in total. The number of aromatic nitrogens is 2. The number of alkyl halides is 3. The molecular formula is C23H19F5N4O2. The number of fused-ring (bicyclic) bond motifs is 1. The fourth-order valence-corrected chi connectivity index (χ4v) is 3.87. The lowest BCUT2D eigenvalue weighted by Crippen LogP contribution is -2.22. The lowest BCUT2D eigenvalue weighted by atomic mass is 9.99. The van der Waals surface area contributed by atoms with Crippen molar-refractivity contribution in [3.63, 3.8) is 0 Å². The molecule has 3 aromatic rings. The highest BCUT2D eigenvalue weighted by Crippen LogP contribution is 2.38. The van der Waals surface area contributed by atoms with Crippen LogP contribution >= 0.6 is 0 Å². The van der Waals surface area contributed by atoms with Crippen molar-refractivity contribution in [2.75, 3.05) is 11.9 Å². The quantitative estimate of drug-likeness (QED) is 0.487. The van der Waals surface area contributed by atoms with Crippen LogP contribution in [0, 0.1) is 11.6 Å². The topological polar surface area (TPSA) is 78.3 Å². The van der Waals surface area contributed by atoms with Gasteiger partial charge in [0, 0.05) is 40.6 Å². The van der Waals surface area contributed by atoms with Crippen molar-refractivity contribution in [1.29, 1.82) is 0 Å². The van der Waals surface area contributed by atoms with E-state index in [1.165, 1.54) is 6.20 Å². The van der Waals surface area contributed by atoms with Gasteiger partial charge in [0.15, 0.2) is 0 Å². The van der Waals surface area contributed by atoms with Gasteiger partial charge < -0.3 is 15.3 Å². The first-order valence-corrected chi connectivity index (χ1v) is 10.3. The van der Waals surface area contributed by atoms with Gasteiger partial charge in [0.05, 0.1) is 18.8 Å². The Morgan fingerprint density at radius 3 is 2.53 bits per heavy atom. The first kappa shape index (κ1) is 23.4. The molecule has 0 spiro atoms. The molecule has 1 aromatic carbocycles. The maximum absolute atomic E-state index is 15.0. The van der Waals surface area contributed by atoms with Crippen LogP contribution in [0.4, 0.5) is 27.8 Å². The summed E-state index contributed by atoms with van der Waals surface area (Å²) in [5, 5.41) is 12.9. The molecule has 3 heterocycles. The molecule has 0 unspecified atom stereocenters. The van der Waals surface area contributed by atoms with Crippen LogP contribution < -0.4 is 5.32 Å². The number of hydrogen-bond donors (Lipinski definition) is 2. The Bertz CT molecular complexity index is 1280. The molecule has 1 aliphatic heterocycles. The summed E-state index contributed by atoms with van der Waals surface area (Å²) < 4.78 is 68.9. The molecule has 0 bridgehead atoms. The smallest absolute Gasteiger partial charge is 0.433 e. The molecule has 1 atom stereocenters. The van der Waals surface area contributed by atoms with Gasteiger partial charge in [0.1, 0.15) is 28.9 Å². The minimum Gasteiger partial charge on any atom is -0.506 e. The highest BCUT2D eigenvalue weighted by molar-refractivity contribution is 5.99. The van der Waals surface area contributed by atoms with Crippen molar-refractivity contribution >= 4 is 11.7 Å². The molecule has 2 aromatic heterocycles. The molecule has 11 heteroatoms. The summed E-state index contributed by atoms with van der Waals surface area (Å²) in [6, 6.07) is 2.83. The van der Waals surface area contributed by atoms with E-state index < -0.39 is 46.4 Å². The molecular weight excluding hydrogens is 459 g/mol. The second-order valence-electron chi connectivity index (χ2n) is 7.81. The molecule has 0 aliphatic carbocycles. The SMILES string of the molecule is CCN1Cc2c(ccnc2N[C@@H](C)c2cc(F)c(-c3cc(C(F)(F)F)ncc3O)cc2F)C1=O. The van der Waals surface area contributed by atoms with E-state index in [0.29, 0.717) is 42.3 Å². The maximum atomic E-state index is 15.0. The Morgan fingerprint density at radius 2 is 1.85 bits per heavy atom. The number of anilines is 1. The average molecular weight is 478 g/mol. The Balaban J connectivity index is 1.67. The zero-order valence-electron chi connectivity index (χ0n) is 18.0. The standard InChI is InChI=1S/C23H19F5N4O2/c1-3-32-10-16-12(22(32)34)4-5-29-21(16)31-11(2)13-6-18(25)14(7-17(13)24)15-8-20(23(26,27)28)30-9-19(15)33/h4-9,11,33H,3,10H2,1-2H3,(H,29,31)/t11-/m0/s1. The number of hydrogen-bond acceptors (Lipinski definition) is 5. The molecule has 0 saturated carbocycles. The van der Waals surface area contributed by atoms with Crippen LogP contribution in [-0.2, 0) is 12.7 Å². The number of aromatic hydroxyl groups is 1. The van der Waals surface area contributed by atoms with Crippen molar-refractivity contribution in [3.05, 3.63) is 70.7 Å². The minimum absolute atomic E-state index is 0.109. The third-order valence-electron chi connectivity index (χ3n) is 5.67. The summed E-state index contributed by atoms with van der Waals surface area (Å²) in [5.41, 5.74) is -1.42. The zero-order valence-corrected chi connectivity index (χ0v) is 18.0. The van der Waals surface area contributed by atoms with Crippen molar-refractivity contribution in [1.82, 2.24) is 14.9 Å². The van der Waals surface area contributed by atoms with E-state index in [4.69, 9.17) is 0 Å². The zero-order chi connectivity index (χ0) is 24.8. The lowest BCUT2D eigenvalue weighted by Gasteiger charge is -2.19. The first-order chi connectivity index (χ1) is 16.0. The van der Waals surface area contributed by atoms with E-state index in [0.717, 1.165) is 12.1 Å². The van der Waals surface area contributed by atoms with Crippen molar-refractivity contribution in [2.24, 2.45) is 0 Å². The number of benzene rings is 1. The second kappa shape index (κ2) is 8.54. The molecule has 1 aliphatic rings. The number of carbonyl (C=O) groups is 1. The van der Waals surface area contributed by atoms with Crippen molar-refractivity contribution < 1.29 is 31.9 Å². The van der Waals surface area contributed by atoms with Crippen LogP contribution in [0.5, 0.6) is 5.75 Å². The summed E-state index contributed by atoms with van der Waals surface area (Å²) >= 11 is 0. The number of pyridine rings is 2. The second-order valence-corrected chi connectivity index (χ2v) is 7.81. The van der Waals surface area contributed by atoms with Crippen molar-refractivity contribution in [3.8, 4) is 16.9 Å². The van der Waals surface area contributed by atoms with Crippen LogP contribution in [0.1, 0.15) is 47.1 Å². The number of carbonyl (C=O) groups excluding carboxylic acids is 1. The molecule has 6 nitrogen and oxygen atoms in total. The maximum Gasteiger partial charge on any atom is 0.433 e. The van der Waals surface area contributed by atoms with Crippen LogP contribution in [0.15, 0.2) is 36.7 Å². The Labute approximate surface area is 191 Å². The van der Waals surface area contributed by atoms with E-state index in [1.807, 2.05) is 6.92 Å². The highest BCUT2D eigenvalue weighted by atomic mass is 19.4. The van der Waals surface area contributed by atoms with Crippen molar-refractivity contribution in [2.45, 2.75) is 32.6 Å². The molecule has 0 fully saturated rings. The van der Waals surface area contributed by atoms with Gasteiger partial charge in [0.2, 0.25) is 0 Å². The molecule has 1 amide bonds. The summed E-state index contributed by atoms with van der Waals surface area (Å²) in [6.45, 7) is 4.22. The van der Waals surface area contributed by atoms with E-state index in [9.17, 15) is 31.9 Å². The fourth-order valence-electron chi connectivity index (χ4n) is 3.87. The monoisotopic (exact) mass is 478 g/mol. The minimum atomic E-state index is -4.83. The van der Waals surface area contributed by atoms with Gasteiger partial charge >= 0.3 is 6.18 Å². The van der Waals surface area contributed by atoms with E-state index in [2.05, 4.69) is 15.3 Å². The van der Waals surface area contributed by atoms with Gasteiger partial charge in [-0.2, -0.15) is 13.2 Å². The third-order valence-corrected chi connectivity index (χ3v) is 5.67.